The highest BCUT2D eigenvalue weighted by atomic mass is 14.8. The van der Waals surface area contributed by atoms with Crippen LogP contribution in [0.2, 0.25) is 0 Å². The van der Waals surface area contributed by atoms with Gasteiger partial charge >= 0.3 is 0 Å². The molecule has 0 radical (unpaired) electrons. The standard InChI is InChI=1S/C10H17N/c1-6(11)10-4-7-2-9(10)3-8(7)5-10/h6-9H,2-5,11H2,1H3. The Labute approximate surface area is 68.3 Å². The predicted molar refractivity (Wildman–Crippen MR) is 45.0 cm³/mol. The molecule has 4 aliphatic rings. The highest BCUT2D eigenvalue weighted by Gasteiger charge is 2.63. The summed E-state index contributed by atoms with van der Waals surface area (Å²) < 4.78 is 0. The Bertz CT molecular complexity index is 183. The van der Waals surface area contributed by atoms with Crippen molar-refractivity contribution in [2.45, 2.75) is 38.6 Å². The van der Waals surface area contributed by atoms with Crippen LogP contribution in [0.15, 0.2) is 0 Å². The Balaban J connectivity index is 2.01. The van der Waals surface area contributed by atoms with E-state index >= 15 is 0 Å². The third kappa shape index (κ3) is 0.547. The SMILES string of the molecule is CC(N)C12CC3CC1CC3C2. The topological polar surface area (TPSA) is 26.0 Å². The summed E-state index contributed by atoms with van der Waals surface area (Å²) >= 11 is 0. The van der Waals surface area contributed by atoms with Gasteiger partial charge in [0.1, 0.15) is 0 Å². The molecule has 4 fully saturated rings. The summed E-state index contributed by atoms with van der Waals surface area (Å²) in [4.78, 5) is 0. The summed E-state index contributed by atoms with van der Waals surface area (Å²) in [7, 11) is 0. The molecule has 62 valence electrons. The molecule has 1 nitrogen and oxygen atoms in total. The van der Waals surface area contributed by atoms with E-state index in [-0.39, 0.29) is 0 Å². The van der Waals surface area contributed by atoms with Crippen molar-refractivity contribution in [1.82, 2.24) is 0 Å². The van der Waals surface area contributed by atoms with Crippen molar-refractivity contribution < 1.29 is 0 Å². The van der Waals surface area contributed by atoms with Crippen molar-refractivity contribution >= 4 is 0 Å². The maximum atomic E-state index is 6.09. The molecule has 0 aromatic rings. The highest BCUT2D eigenvalue weighted by Crippen LogP contribution is 2.70. The Morgan fingerprint density at radius 1 is 1.27 bits per heavy atom. The molecule has 3 unspecified atom stereocenters. The highest BCUT2D eigenvalue weighted by molar-refractivity contribution is 5.14. The van der Waals surface area contributed by atoms with E-state index in [1.54, 1.807) is 0 Å². The molecule has 4 aliphatic carbocycles. The maximum absolute atomic E-state index is 6.09. The lowest BCUT2D eigenvalue weighted by Gasteiger charge is -2.33. The minimum atomic E-state index is 0.463. The number of nitrogens with two attached hydrogens (primary N) is 1. The Kier molecular flexibility index (Phi) is 0.976. The number of hydrogen-bond acceptors (Lipinski definition) is 1. The van der Waals surface area contributed by atoms with Crippen LogP contribution in [-0.2, 0) is 0 Å². The minimum absolute atomic E-state index is 0.463. The zero-order valence-corrected chi connectivity index (χ0v) is 7.22. The van der Waals surface area contributed by atoms with Crippen LogP contribution >= 0.6 is 0 Å². The fourth-order valence-electron chi connectivity index (χ4n) is 4.32. The van der Waals surface area contributed by atoms with E-state index in [1.807, 2.05) is 0 Å². The molecule has 11 heavy (non-hydrogen) atoms. The molecule has 2 N–H and O–H groups in total. The van der Waals surface area contributed by atoms with Gasteiger partial charge in [0.05, 0.1) is 0 Å². The van der Waals surface area contributed by atoms with Crippen LogP contribution in [0.3, 0.4) is 0 Å². The zero-order chi connectivity index (χ0) is 7.64. The molecular formula is C10H17N. The second kappa shape index (κ2) is 1.66. The van der Waals surface area contributed by atoms with E-state index in [0.717, 1.165) is 17.8 Å². The van der Waals surface area contributed by atoms with Crippen molar-refractivity contribution in [1.29, 1.82) is 0 Å². The van der Waals surface area contributed by atoms with Gasteiger partial charge in [-0.05, 0) is 55.8 Å². The first-order valence-corrected chi connectivity index (χ1v) is 4.98. The summed E-state index contributed by atoms with van der Waals surface area (Å²) in [5.74, 6) is 3.20. The van der Waals surface area contributed by atoms with Crippen LogP contribution < -0.4 is 5.73 Å². The van der Waals surface area contributed by atoms with Gasteiger partial charge in [0, 0.05) is 6.04 Å². The van der Waals surface area contributed by atoms with Gasteiger partial charge in [-0.2, -0.15) is 0 Å². The summed E-state index contributed by atoms with van der Waals surface area (Å²) in [6.45, 7) is 2.23. The summed E-state index contributed by atoms with van der Waals surface area (Å²) in [5.41, 5.74) is 6.71. The Hall–Kier alpha value is -0.0400. The molecule has 0 saturated heterocycles. The average Bonchev–Trinajstić information content (AvgIpc) is 2.50. The van der Waals surface area contributed by atoms with Crippen molar-refractivity contribution in [3.8, 4) is 0 Å². The van der Waals surface area contributed by atoms with Crippen molar-refractivity contribution in [2.24, 2.45) is 28.9 Å². The minimum Gasteiger partial charge on any atom is -0.327 e. The quantitative estimate of drug-likeness (QED) is 0.607. The van der Waals surface area contributed by atoms with Crippen LogP contribution in [0.5, 0.6) is 0 Å². The third-order valence-corrected chi connectivity index (χ3v) is 4.85. The molecule has 4 bridgehead atoms. The fraction of sp³-hybridized carbons (Fsp3) is 1.00. The van der Waals surface area contributed by atoms with Gasteiger partial charge in [0.25, 0.3) is 0 Å². The second-order valence-electron chi connectivity index (χ2n) is 5.12. The summed E-state index contributed by atoms with van der Waals surface area (Å²) in [5, 5.41) is 0. The number of rotatable bonds is 1. The van der Waals surface area contributed by atoms with E-state index < -0.39 is 0 Å². The summed E-state index contributed by atoms with van der Waals surface area (Å²) in [6.07, 6.45) is 5.98. The van der Waals surface area contributed by atoms with Crippen molar-refractivity contribution in [3.05, 3.63) is 0 Å². The van der Waals surface area contributed by atoms with Crippen LogP contribution in [0.4, 0.5) is 0 Å². The monoisotopic (exact) mass is 151 g/mol. The van der Waals surface area contributed by atoms with Gasteiger partial charge in [-0.15, -0.1) is 0 Å². The molecule has 0 amide bonds. The van der Waals surface area contributed by atoms with Crippen LogP contribution in [0.1, 0.15) is 32.6 Å². The lowest BCUT2D eigenvalue weighted by Crippen LogP contribution is -2.38. The smallest absolute Gasteiger partial charge is 0.00698 e. The molecule has 0 spiro atoms. The van der Waals surface area contributed by atoms with Gasteiger partial charge in [-0.1, -0.05) is 0 Å². The maximum Gasteiger partial charge on any atom is 0.00698 e. The van der Waals surface area contributed by atoms with Gasteiger partial charge in [0.15, 0.2) is 0 Å². The Morgan fingerprint density at radius 3 is 2.00 bits per heavy atom. The third-order valence-electron chi connectivity index (χ3n) is 4.85. The van der Waals surface area contributed by atoms with E-state index in [1.165, 1.54) is 25.7 Å². The van der Waals surface area contributed by atoms with Crippen molar-refractivity contribution in [2.75, 3.05) is 0 Å². The fourth-order valence-corrected chi connectivity index (χ4v) is 4.32. The molecule has 3 atom stereocenters. The van der Waals surface area contributed by atoms with E-state index in [4.69, 9.17) is 5.73 Å². The normalized spacial score (nSPS) is 61.1. The van der Waals surface area contributed by atoms with Crippen LogP contribution in [-0.4, -0.2) is 6.04 Å². The number of hydrogen-bond donors (Lipinski definition) is 1. The first kappa shape index (κ1) is 6.47. The molecule has 0 aliphatic heterocycles. The summed E-state index contributed by atoms with van der Waals surface area (Å²) in [6, 6.07) is 0.463. The van der Waals surface area contributed by atoms with E-state index in [2.05, 4.69) is 6.92 Å². The van der Waals surface area contributed by atoms with Gasteiger partial charge < -0.3 is 5.73 Å². The van der Waals surface area contributed by atoms with Crippen LogP contribution in [0.25, 0.3) is 0 Å². The second-order valence-corrected chi connectivity index (χ2v) is 5.12. The largest absolute Gasteiger partial charge is 0.327 e. The molecular weight excluding hydrogens is 134 g/mol. The van der Waals surface area contributed by atoms with Gasteiger partial charge in [0.2, 0.25) is 0 Å². The molecule has 0 heterocycles. The first-order chi connectivity index (χ1) is 5.22. The van der Waals surface area contributed by atoms with Gasteiger partial charge in [-0.25, -0.2) is 0 Å². The van der Waals surface area contributed by atoms with E-state index in [0.29, 0.717) is 11.5 Å². The molecule has 0 aromatic heterocycles. The zero-order valence-electron chi connectivity index (χ0n) is 7.22. The lowest BCUT2D eigenvalue weighted by atomic mass is 9.75. The molecule has 0 aromatic carbocycles. The molecule has 1 heteroatoms. The predicted octanol–water partition coefficient (Wildman–Crippen LogP) is 1.77. The van der Waals surface area contributed by atoms with Crippen molar-refractivity contribution in [3.63, 3.8) is 0 Å². The lowest BCUT2D eigenvalue weighted by molar-refractivity contribution is 0.201. The Morgan fingerprint density at radius 2 is 1.82 bits per heavy atom. The van der Waals surface area contributed by atoms with E-state index in [9.17, 15) is 0 Å². The van der Waals surface area contributed by atoms with Gasteiger partial charge in [-0.3, -0.25) is 0 Å². The molecule has 4 rings (SSSR count). The first-order valence-electron chi connectivity index (χ1n) is 4.98. The molecule has 4 saturated carbocycles. The average molecular weight is 151 g/mol. The van der Waals surface area contributed by atoms with Crippen LogP contribution in [0, 0.1) is 23.2 Å².